The Bertz CT molecular complexity index is 952. The molecule has 0 aliphatic carbocycles. The lowest BCUT2D eigenvalue weighted by Crippen LogP contribution is -2.38. The lowest BCUT2D eigenvalue weighted by Gasteiger charge is -2.23. The Hall–Kier alpha value is -2.66. The van der Waals surface area contributed by atoms with Crippen LogP contribution in [0.1, 0.15) is 17.5 Å². The molecule has 134 valence electrons. The average molecular weight is 352 g/mol. The maximum Gasteiger partial charge on any atom is 0.227 e. The molecule has 0 saturated carbocycles. The number of aromatic amines is 1. The van der Waals surface area contributed by atoms with E-state index >= 15 is 0 Å². The zero-order chi connectivity index (χ0) is 18.1. The molecule has 2 aromatic carbocycles. The van der Waals surface area contributed by atoms with Crippen LogP contribution in [0.2, 0.25) is 0 Å². The highest BCUT2D eigenvalue weighted by molar-refractivity contribution is 5.89. The first-order valence-corrected chi connectivity index (χ1v) is 8.82. The summed E-state index contributed by atoms with van der Waals surface area (Å²) in [5.74, 6) is -0.304. The first-order chi connectivity index (χ1) is 12.5. The van der Waals surface area contributed by atoms with Crippen molar-refractivity contribution in [1.82, 2.24) is 9.88 Å². The molecule has 1 saturated heterocycles. The van der Waals surface area contributed by atoms with Gasteiger partial charge in [-0.1, -0.05) is 30.3 Å². The maximum atomic E-state index is 13.4. The number of carbonyl (C=O) groups is 1. The van der Waals surface area contributed by atoms with Crippen LogP contribution in [-0.2, 0) is 17.6 Å². The van der Waals surface area contributed by atoms with E-state index in [9.17, 15) is 14.3 Å². The van der Waals surface area contributed by atoms with E-state index in [1.54, 1.807) is 17.0 Å². The normalized spacial score (nSPS) is 20.0. The van der Waals surface area contributed by atoms with Crippen LogP contribution in [0.15, 0.2) is 54.7 Å². The number of halogens is 1. The topological polar surface area (TPSA) is 56.3 Å². The number of para-hydroxylation sites is 1. The molecule has 1 unspecified atom stereocenters. The molecule has 1 fully saturated rings. The summed E-state index contributed by atoms with van der Waals surface area (Å²) in [5.41, 5.74) is 1.73. The Morgan fingerprint density at radius 1 is 1.23 bits per heavy atom. The summed E-state index contributed by atoms with van der Waals surface area (Å²) in [6.07, 6.45) is 3.03. The minimum absolute atomic E-state index is 0.00456. The molecular weight excluding hydrogens is 331 g/mol. The molecule has 4 rings (SSSR count). The monoisotopic (exact) mass is 352 g/mol. The minimum atomic E-state index is -0.996. The van der Waals surface area contributed by atoms with Gasteiger partial charge in [0.2, 0.25) is 5.91 Å². The fourth-order valence-corrected chi connectivity index (χ4v) is 3.79. The second-order valence-electron chi connectivity index (χ2n) is 7.13. The molecule has 4 nitrogen and oxygen atoms in total. The van der Waals surface area contributed by atoms with Gasteiger partial charge in [0.25, 0.3) is 0 Å². The van der Waals surface area contributed by atoms with E-state index < -0.39 is 5.60 Å². The highest BCUT2D eigenvalue weighted by atomic mass is 19.1. The number of nitrogens with zero attached hydrogens (tertiary/aromatic N) is 1. The zero-order valence-corrected chi connectivity index (χ0v) is 14.4. The second-order valence-corrected chi connectivity index (χ2v) is 7.13. The van der Waals surface area contributed by atoms with Gasteiger partial charge in [-0.15, -0.1) is 0 Å². The molecule has 0 spiro atoms. The molecule has 2 N–H and O–H groups in total. The van der Waals surface area contributed by atoms with E-state index in [0.717, 1.165) is 22.0 Å². The molecule has 1 aliphatic rings. The van der Waals surface area contributed by atoms with Gasteiger partial charge in [-0.25, -0.2) is 4.39 Å². The number of β-amino-alcohol motifs (C(OH)–C–C–N with tert-alkyl or cyclic N) is 1. The van der Waals surface area contributed by atoms with E-state index in [1.807, 2.05) is 30.5 Å². The third-order valence-electron chi connectivity index (χ3n) is 5.12. The highest BCUT2D eigenvalue weighted by Gasteiger charge is 2.38. The summed E-state index contributed by atoms with van der Waals surface area (Å²) < 4.78 is 13.4. The van der Waals surface area contributed by atoms with Crippen LogP contribution in [0.25, 0.3) is 10.9 Å². The predicted molar refractivity (Wildman–Crippen MR) is 98.3 cm³/mol. The van der Waals surface area contributed by atoms with Gasteiger partial charge in [0.15, 0.2) is 0 Å². The van der Waals surface area contributed by atoms with Crippen LogP contribution < -0.4 is 0 Å². The fourth-order valence-electron chi connectivity index (χ4n) is 3.79. The van der Waals surface area contributed by atoms with Crippen LogP contribution in [-0.4, -0.2) is 39.6 Å². The quantitative estimate of drug-likeness (QED) is 0.758. The number of rotatable bonds is 4. The molecule has 3 aromatic rings. The van der Waals surface area contributed by atoms with Crippen molar-refractivity contribution in [1.29, 1.82) is 0 Å². The van der Waals surface area contributed by atoms with Crippen LogP contribution in [0.4, 0.5) is 4.39 Å². The van der Waals surface area contributed by atoms with Crippen molar-refractivity contribution < 1.29 is 14.3 Å². The Morgan fingerprint density at radius 3 is 2.92 bits per heavy atom. The largest absolute Gasteiger partial charge is 0.388 e. The van der Waals surface area contributed by atoms with Crippen molar-refractivity contribution in [3.05, 3.63) is 71.7 Å². The SMILES string of the molecule is O=C(Cc1c[nH]c2ccccc12)N1CCC(O)(Cc2cccc(F)c2)C1. The van der Waals surface area contributed by atoms with E-state index in [-0.39, 0.29) is 18.3 Å². The highest BCUT2D eigenvalue weighted by Crippen LogP contribution is 2.27. The Labute approximate surface area is 151 Å². The van der Waals surface area contributed by atoms with E-state index in [2.05, 4.69) is 4.98 Å². The summed E-state index contributed by atoms with van der Waals surface area (Å²) in [6, 6.07) is 14.2. The Morgan fingerprint density at radius 2 is 2.08 bits per heavy atom. The predicted octanol–water partition coefficient (Wildman–Crippen LogP) is 3.06. The zero-order valence-electron chi connectivity index (χ0n) is 14.4. The number of carbonyl (C=O) groups excluding carboxylic acids is 1. The number of H-pyrrole nitrogens is 1. The van der Waals surface area contributed by atoms with E-state index in [1.165, 1.54) is 12.1 Å². The minimum Gasteiger partial charge on any atom is -0.388 e. The number of nitrogens with one attached hydrogen (secondary N) is 1. The Balaban J connectivity index is 1.43. The molecule has 0 radical (unpaired) electrons. The van der Waals surface area contributed by atoms with Crippen molar-refractivity contribution in [2.45, 2.75) is 24.9 Å². The number of amides is 1. The molecule has 5 heteroatoms. The molecule has 1 aromatic heterocycles. The van der Waals surface area contributed by atoms with E-state index in [4.69, 9.17) is 0 Å². The molecule has 1 amide bonds. The van der Waals surface area contributed by atoms with Crippen molar-refractivity contribution in [3.63, 3.8) is 0 Å². The summed E-state index contributed by atoms with van der Waals surface area (Å²) in [6.45, 7) is 0.803. The molecule has 26 heavy (non-hydrogen) atoms. The van der Waals surface area contributed by atoms with Crippen LogP contribution in [0.3, 0.4) is 0 Å². The van der Waals surface area contributed by atoms with Gasteiger partial charge in [-0.2, -0.15) is 0 Å². The van der Waals surface area contributed by atoms with Crippen molar-refractivity contribution >= 4 is 16.8 Å². The van der Waals surface area contributed by atoms with Crippen molar-refractivity contribution in [3.8, 4) is 0 Å². The molecule has 1 atom stereocenters. The smallest absolute Gasteiger partial charge is 0.227 e. The summed E-state index contributed by atoms with van der Waals surface area (Å²) in [4.78, 5) is 17.6. The lowest BCUT2D eigenvalue weighted by atomic mass is 9.94. The third kappa shape index (κ3) is 3.35. The van der Waals surface area contributed by atoms with Crippen LogP contribution >= 0.6 is 0 Å². The van der Waals surface area contributed by atoms with Gasteiger partial charge in [-0.3, -0.25) is 4.79 Å². The summed E-state index contributed by atoms with van der Waals surface area (Å²) in [7, 11) is 0. The third-order valence-corrected chi connectivity index (χ3v) is 5.12. The first-order valence-electron chi connectivity index (χ1n) is 8.82. The summed E-state index contributed by atoms with van der Waals surface area (Å²) >= 11 is 0. The number of hydrogen-bond acceptors (Lipinski definition) is 2. The van der Waals surface area contributed by atoms with Crippen LogP contribution in [0, 0.1) is 5.82 Å². The van der Waals surface area contributed by atoms with Gasteiger partial charge in [-0.05, 0) is 35.7 Å². The number of fused-ring (bicyclic) bond motifs is 1. The second kappa shape index (κ2) is 6.57. The first kappa shape index (κ1) is 16.8. The number of likely N-dealkylation sites (tertiary alicyclic amines) is 1. The van der Waals surface area contributed by atoms with Gasteiger partial charge in [0.05, 0.1) is 12.0 Å². The van der Waals surface area contributed by atoms with Crippen molar-refractivity contribution in [2.75, 3.05) is 13.1 Å². The lowest BCUT2D eigenvalue weighted by molar-refractivity contribution is -0.130. The maximum absolute atomic E-state index is 13.4. The average Bonchev–Trinajstić information content (AvgIpc) is 3.19. The van der Waals surface area contributed by atoms with Gasteiger partial charge >= 0.3 is 0 Å². The van der Waals surface area contributed by atoms with E-state index in [0.29, 0.717) is 25.8 Å². The van der Waals surface area contributed by atoms with Gasteiger partial charge in [0.1, 0.15) is 5.82 Å². The van der Waals surface area contributed by atoms with Gasteiger partial charge < -0.3 is 15.0 Å². The number of benzene rings is 2. The van der Waals surface area contributed by atoms with Gasteiger partial charge in [0, 0.05) is 36.6 Å². The summed E-state index contributed by atoms with van der Waals surface area (Å²) in [5, 5.41) is 11.9. The molecule has 2 heterocycles. The van der Waals surface area contributed by atoms with Crippen molar-refractivity contribution in [2.24, 2.45) is 0 Å². The molecule has 1 aliphatic heterocycles. The number of aromatic nitrogens is 1. The van der Waals surface area contributed by atoms with Crippen LogP contribution in [0.5, 0.6) is 0 Å². The number of hydrogen-bond donors (Lipinski definition) is 2. The fraction of sp³-hybridized carbons (Fsp3) is 0.286. The number of aliphatic hydroxyl groups is 1. The molecular formula is C21H21FN2O2. The molecule has 0 bridgehead atoms. The Kier molecular flexibility index (Phi) is 4.24. The standard InChI is InChI=1S/C21H21FN2O2/c22-17-5-3-4-15(10-17)12-21(26)8-9-24(14-21)20(25)11-16-13-23-19-7-2-1-6-18(16)19/h1-7,10,13,23,26H,8-9,11-12,14H2.